The highest BCUT2D eigenvalue weighted by atomic mass is 19.1. The molecule has 3 rings (SSSR count). The molecule has 0 saturated carbocycles. The van der Waals surface area contributed by atoms with Gasteiger partial charge >= 0.3 is 0 Å². The van der Waals surface area contributed by atoms with Crippen LogP contribution in [0.2, 0.25) is 0 Å². The summed E-state index contributed by atoms with van der Waals surface area (Å²) < 4.78 is 13.8. The van der Waals surface area contributed by atoms with Crippen molar-refractivity contribution in [2.45, 2.75) is 6.54 Å². The normalized spacial score (nSPS) is 10.4. The van der Waals surface area contributed by atoms with Gasteiger partial charge in [0.25, 0.3) is 0 Å². The Kier molecular flexibility index (Phi) is 3.91. The molecule has 0 amide bonds. The molecule has 1 heterocycles. The standard InChI is InChI=1S/C16H14FN5/c17-13-9-5-4-8-12(13)14-20-15(18)22-16(21-14)19-10-11-6-2-1-3-7-11/h1-9H,10H2,(H3,18,19,20,21,22). The first kappa shape index (κ1) is 13.9. The Hall–Kier alpha value is -3.02. The van der Waals surface area contributed by atoms with Crippen molar-refractivity contribution >= 4 is 11.9 Å². The lowest BCUT2D eigenvalue weighted by Gasteiger charge is -2.08. The van der Waals surface area contributed by atoms with Crippen molar-refractivity contribution in [3.8, 4) is 11.4 Å². The summed E-state index contributed by atoms with van der Waals surface area (Å²) in [5.41, 5.74) is 7.06. The Morgan fingerprint density at radius 1 is 0.909 bits per heavy atom. The van der Waals surface area contributed by atoms with E-state index in [1.807, 2.05) is 30.3 Å². The molecule has 110 valence electrons. The van der Waals surface area contributed by atoms with E-state index in [0.29, 0.717) is 18.1 Å². The Labute approximate surface area is 127 Å². The quantitative estimate of drug-likeness (QED) is 0.774. The minimum Gasteiger partial charge on any atom is -0.368 e. The number of halogens is 1. The van der Waals surface area contributed by atoms with E-state index in [4.69, 9.17) is 5.73 Å². The summed E-state index contributed by atoms with van der Waals surface area (Å²) in [6.45, 7) is 0.543. The molecular formula is C16H14FN5. The smallest absolute Gasteiger partial charge is 0.228 e. The van der Waals surface area contributed by atoms with Crippen LogP contribution in [0.15, 0.2) is 54.6 Å². The summed E-state index contributed by atoms with van der Waals surface area (Å²) in [5.74, 6) is 0.168. The molecule has 0 aliphatic rings. The highest BCUT2D eigenvalue weighted by Crippen LogP contribution is 2.20. The second kappa shape index (κ2) is 6.17. The number of nitrogens with two attached hydrogens (primary N) is 1. The summed E-state index contributed by atoms with van der Waals surface area (Å²) in [6.07, 6.45) is 0. The number of nitrogens with one attached hydrogen (secondary N) is 1. The molecule has 0 aliphatic heterocycles. The van der Waals surface area contributed by atoms with Gasteiger partial charge in [0.15, 0.2) is 5.82 Å². The van der Waals surface area contributed by atoms with Crippen LogP contribution in [0.4, 0.5) is 16.3 Å². The van der Waals surface area contributed by atoms with Crippen LogP contribution in [-0.2, 0) is 6.54 Å². The maximum absolute atomic E-state index is 13.8. The van der Waals surface area contributed by atoms with Crippen molar-refractivity contribution in [1.82, 2.24) is 15.0 Å². The van der Waals surface area contributed by atoms with E-state index in [-0.39, 0.29) is 11.8 Å². The van der Waals surface area contributed by atoms with Crippen molar-refractivity contribution in [1.29, 1.82) is 0 Å². The van der Waals surface area contributed by atoms with Gasteiger partial charge in [-0.25, -0.2) is 4.39 Å². The molecule has 0 atom stereocenters. The lowest BCUT2D eigenvalue weighted by atomic mass is 10.2. The van der Waals surface area contributed by atoms with Crippen LogP contribution in [0.1, 0.15) is 5.56 Å². The van der Waals surface area contributed by atoms with Crippen LogP contribution < -0.4 is 11.1 Å². The fourth-order valence-electron chi connectivity index (χ4n) is 2.01. The molecular weight excluding hydrogens is 281 g/mol. The molecule has 5 nitrogen and oxygen atoms in total. The van der Waals surface area contributed by atoms with Gasteiger partial charge in [-0.2, -0.15) is 15.0 Å². The Morgan fingerprint density at radius 2 is 1.64 bits per heavy atom. The molecule has 0 aliphatic carbocycles. The molecule has 3 aromatic rings. The predicted molar refractivity (Wildman–Crippen MR) is 83.4 cm³/mol. The SMILES string of the molecule is Nc1nc(NCc2ccccc2)nc(-c2ccccc2F)n1. The highest BCUT2D eigenvalue weighted by molar-refractivity contribution is 5.58. The summed E-state index contributed by atoms with van der Waals surface area (Å²) in [4.78, 5) is 12.2. The largest absolute Gasteiger partial charge is 0.368 e. The van der Waals surface area contributed by atoms with Gasteiger partial charge in [-0.1, -0.05) is 42.5 Å². The van der Waals surface area contributed by atoms with E-state index in [2.05, 4.69) is 20.3 Å². The van der Waals surface area contributed by atoms with Crippen LogP contribution in [0.25, 0.3) is 11.4 Å². The van der Waals surface area contributed by atoms with Gasteiger partial charge in [0.1, 0.15) is 5.82 Å². The van der Waals surface area contributed by atoms with Gasteiger partial charge < -0.3 is 11.1 Å². The lowest BCUT2D eigenvalue weighted by molar-refractivity contribution is 0.630. The minimum atomic E-state index is -0.401. The number of rotatable bonds is 4. The third-order valence-electron chi connectivity index (χ3n) is 3.06. The van der Waals surface area contributed by atoms with E-state index >= 15 is 0 Å². The highest BCUT2D eigenvalue weighted by Gasteiger charge is 2.10. The molecule has 1 aromatic heterocycles. The van der Waals surface area contributed by atoms with Crippen LogP contribution >= 0.6 is 0 Å². The average Bonchev–Trinajstić information content (AvgIpc) is 2.54. The van der Waals surface area contributed by atoms with E-state index < -0.39 is 5.82 Å². The molecule has 2 aromatic carbocycles. The van der Waals surface area contributed by atoms with Crippen molar-refractivity contribution < 1.29 is 4.39 Å². The third kappa shape index (κ3) is 3.17. The third-order valence-corrected chi connectivity index (χ3v) is 3.06. The monoisotopic (exact) mass is 295 g/mol. The van der Waals surface area contributed by atoms with Crippen LogP contribution in [0.3, 0.4) is 0 Å². The second-order valence-corrected chi connectivity index (χ2v) is 4.66. The van der Waals surface area contributed by atoms with Crippen molar-refractivity contribution in [3.63, 3.8) is 0 Å². The molecule has 3 N–H and O–H groups in total. The second-order valence-electron chi connectivity index (χ2n) is 4.66. The van der Waals surface area contributed by atoms with E-state index in [9.17, 15) is 4.39 Å². The van der Waals surface area contributed by atoms with Gasteiger partial charge in [0.05, 0.1) is 5.56 Å². The number of hydrogen-bond acceptors (Lipinski definition) is 5. The van der Waals surface area contributed by atoms with Gasteiger partial charge in [-0.15, -0.1) is 0 Å². The van der Waals surface area contributed by atoms with Crippen LogP contribution in [0.5, 0.6) is 0 Å². The molecule has 0 radical (unpaired) electrons. The van der Waals surface area contributed by atoms with E-state index in [1.165, 1.54) is 6.07 Å². The van der Waals surface area contributed by atoms with Gasteiger partial charge in [0.2, 0.25) is 11.9 Å². The number of benzene rings is 2. The first-order chi connectivity index (χ1) is 10.7. The van der Waals surface area contributed by atoms with Gasteiger partial charge in [-0.05, 0) is 17.7 Å². The van der Waals surface area contributed by atoms with E-state index in [0.717, 1.165) is 5.56 Å². The first-order valence-electron chi connectivity index (χ1n) is 6.76. The molecule has 0 saturated heterocycles. The molecule has 0 unspecified atom stereocenters. The Bertz CT molecular complexity index is 776. The summed E-state index contributed by atoms with van der Waals surface area (Å²) >= 11 is 0. The van der Waals surface area contributed by atoms with Crippen molar-refractivity contribution in [2.75, 3.05) is 11.1 Å². The zero-order valence-electron chi connectivity index (χ0n) is 11.7. The molecule has 0 fully saturated rings. The summed E-state index contributed by atoms with van der Waals surface area (Å²) in [5, 5.41) is 3.07. The number of nitrogens with zero attached hydrogens (tertiary/aromatic N) is 3. The molecule has 0 bridgehead atoms. The topological polar surface area (TPSA) is 76.7 Å². The van der Waals surface area contributed by atoms with E-state index in [1.54, 1.807) is 18.2 Å². The van der Waals surface area contributed by atoms with Gasteiger partial charge in [-0.3, -0.25) is 0 Å². The Balaban J connectivity index is 1.86. The zero-order valence-corrected chi connectivity index (χ0v) is 11.7. The van der Waals surface area contributed by atoms with Crippen LogP contribution in [0, 0.1) is 5.82 Å². The number of anilines is 2. The fourth-order valence-corrected chi connectivity index (χ4v) is 2.01. The fraction of sp³-hybridized carbons (Fsp3) is 0.0625. The van der Waals surface area contributed by atoms with Gasteiger partial charge in [0, 0.05) is 6.54 Å². The predicted octanol–water partition coefficient (Wildman–Crippen LogP) is 2.87. The molecule has 22 heavy (non-hydrogen) atoms. The van der Waals surface area contributed by atoms with Crippen molar-refractivity contribution in [3.05, 3.63) is 66.0 Å². The summed E-state index contributed by atoms with van der Waals surface area (Å²) in [7, 11) is 0. The Morgan fingerprint density at radius 3 is 2.41 bits per heavy atom. The van der Waals surface area contributed by atoms with Crippen molar-refractivity contribution in [2.24, 2.45) is 0 Å². The number of nitrogen functional groups attached to an aromatic ring is 1. The average molecular weight is 295 g/mol. The maximum Gasteiger partial charge on any atom is 0.228 e. The zero-order chi connectivity index (χ0) is 15.4. The summed E-state index contributed by atoms with van der Waals surface area (Å²) in [6, 6.07) is 16.1. The minimum absolute atomic E-state index is 0.0452. The molecule has 6 heteroatoms. The lowest BCUT2D eigenvalue weighted by Crippen LogP contribution is -2.08. The van der Waals surface area contributed by atoms with Crippen LogP contribution in [-0.4, -0.2) is 15.0 Å². The number of aromatic nitrogens is 3. The molecule has 0 spiro atoms. The maximum atomic E-state index is 13.8. The number of hydrogen-bond donors (Lipinski definition) is 2. The first-order valence-corrected chi connectivity index (χ1v) is 6.76.